The number of thioether (sulfide) groups is 1. The minimum Gasteiger partial charge on any atom is -0.411 e. The molecule has 11 heteroatoms. The summed E-state index contributed by atoms with van der Waals surface area (Å²) in [4.78, 5) is 14.3. The van der Waals surface area contributed by atoms with Gasteiger partial charge in [-0.05, 0) is 17.7 Å². The van der Waals surface area contributed by atoms with Crippen LogP contribution < -0.4 is 0 Å². The molecule has 3 aromatic heterocycles. The van der Waals surface area contributed by atoms with Crippen LogP contribution in [-0.4, -0.2) is 35.1 Å². The van der Waals surface area contributed by atoms with Crippen LogP contribution in [0.25, 0.3) is 11.5 Å². The number of benzene rings is 1. The highest BCUT2D eigenvalue weighted by Gasteiger charge is 2.11. The molecule has 28 heavy (non-hydrogen) atoms. The second-order valence-corrected chi connectivity index (χ2v) is 6.66. The number of nitrogens with zero attached hydrogens (tertiary/aromatic N) is 7. The fraction of sp³-hybridized carbons (Fsp3) is 0.118. The molecule has 0 atom stereocenters. The fourth-order valence-electron chi connectivity index (χ4n) is 2.40. The van der Waals surface area contributed by atoms with Crippen molar-refractivity contribution in [2.75, 3.05) is 0 Å². The van der Waals surface area contributed by atoms with E-state index >= 15 is 0 Å². The summed E-state index contributed by atoms with van der Waals surface area (Å²) >= 11 is 1.36. The molecule has 0 saturated carbocycles. The Bertz CT molecular complexity index is 1080. The molecule has 0 aliphatic heterocycles. The topological polar surface area (TPSA) is 126 Å². The first kappa shape index (κ1) is 17.8. The van der Waals surface area contributed by atoms with Crippen LogP contribution in [0.4, 0.5) is 5.69 Å². The minimum absolute atomic E-state index is 0.0599. The van der Waals surface area contributed by atoms with Gasteiger partial charge < -0.3 is 4.42 Å². The Balaban J connectivity index is 1.35. The third-order valence-electron chi connectivity index (χ3n) is 3.74. The first-order chi connectivity index (χ1) is 13.7. The van der Waals surface area contributed by atoms with Crippen molar-refractivity contribution in [1.29, 1.82) is 0 Å². The van der Waals surface area contributed by atoms with Crippen molar-refractivity contribution in [3.05, 3.63) is 76.4 Å². The molecule has 0 aliphatic carbocycles. The van der Waals surface area contributed by atoms with E-state index in [4.69, 9.17) is 4.42 Å². The molecule has 1 aromatic carbocycles. The van der Waals surface area contributed by atoms with Crippen LogP contribution in [0, 0.1) is 10.1 Å². The molecule has 0 spiro atoms. The summed E-state index contributed by atoms with van der Waals surface area (Å²) in [6.45, 7) is 0.474. The molecule has 4 aromatic rings. The summed E-state index contributed by atoms with van der Waals surface area (Å²) in [5.41, 5.74) is 2.47. The average Bonchev–Trinajstić information content (AvgIpc) is 3.37. The van der Waals surface area contributed by atoms with E-state index in [-0.39, 0.29) is 5.69 Å². The molecule has 10 nitrogen and oxygen atoms in total. The van der Waals surface area contributed by atoms with Gasteiger partial charge in [-0.15, -0.1) is 15.3 Å². The first-order valence-electron chi connectivity index (χ1n) is 8.16. The average molecular weight is 395 g/mol. The Hall–Kier alpha value is -3.60. The van der Waals surface area contributed by atoms with Crippen molar-refractivity contribution in [2.45, 2.75) is 17.5 Å². The third-order valence-corrected chi connectivity index (χ3v) is 4.59. The molecule has 4 rings (SSSR count). The first-order valence-corrected chi connectivity index (χ1v) is 9.15. The lowest BCUT2D eigenvalue weighted by molar-refractivity contribution is -0.384. The predicted octanol–water partition coefficient (Wildman–Crippen LogP) is 2.97. The van der Waals surface area contributed by atoms with E-state index in [1.165, 1.54) is 23.9 Å². The lowest BCUT2D eigenvalue weighted by Crippen LogP contribution is -2.00. The van der Waals surface area contributed by atoms with Crippen molar-refractivity contribution in [2.24, 2.45) is 0 Å². The zero-order valence-electron chi connectivity index (χ0n) is 14.4. The molecule has 0 saturated heterocycles. The third kappa shape index (κ3) is 4.20. The van der Waals surface area contributed by atoms with E-state index in [2.05, 4.69) is 25.5 Å². The summed E-state index contributed by atoms with van der Waals surface area (Å²) < 4.78 is 7.29. The molecule has 0 bridgehead atoms. The van der Waals surface area contributed by atoms with Gasteiger partial charge in [0, 0.05) is 36.5 Å². The molecule has 0 fully saturated rings. The van der Waals surface area contributed by atoms with Crippen LogP contribution in [0.15, 0.2) is 64.6 Å². The van der Waals surface area contributed by atoms with Gasteiger partial charge in [0.1, 0.15) is 0 Å². The van der Waals surface area contributed by atoms with Crippen LogP contribution >= 0.6 is 11.8 Å². The van der Waals surface area contributed by atoms with Gasteiger partial charge in [-0.2, -0.15) is 0 Å². The molecule has 0 N–H and O–H groups in total. The van der Waals surface area contributed by atoms with E-state index in [1.807, 2.05) is 12.3 Å². The second-order valence-electron chi connectivity index (χ2n) is 5.73. The normalized spacial score (nSPS) is 10.9. The maximum atomic E-state index is 10.7. The Morgan fingerprint density at radius 3 is 2.75 bits per heavy atom. The number of hydrogen-bond donors (Lipinski definition) is 0. The number of hydrogen-bond acceptors (Lipinski definition) is 9. The smallest absolute Gasteiger partial charge is 0.277 e. The standard InChI is InChI=1S/C17H13N7O3S/c25-24(26)15-5-3-12(4-6-15)9-23-10-14(19-22-23)11-28-17-21-20-16(27-17)13-2-1-7-18-8-13/h1-8,10H,9,11H2. The number of nitro benzene ring substituents is 1. The van der Waals surface area contributed by atoms with E-state index in [0.29, 0.717) is 23.4 Å². The van der Waals surface area contributed by atoms with Crippen LogP contribution in [0.1, 0.15) is 11.3 Å². The van der Waals surface area contributed by atoms with Gasteiger partial charge in [-0.1, -0.05) is 29.1 Å². The van der Waals surface area contributed by atoms with Crippen LogP contribution in [0.2, 0.25) is 0 Å². The van der Waals surface area contributed by atoms with Gasteiger partial charge in [0.2, 0.25) is 5.89 Å². The Kier molecular flexibility index (Phi) is 5.06. The SMILES string of the molecule is O=[N+]([O-])c1ccc(Cn2cc(CSc3nnc(-c4cccnc4)o3)nn2)cc1. The van der Waals surface area contributed by atoms with E-state index in [1.54, 1.807) is 35.3 Å². The molecule has 0 aliphatic rings. The highest BCUT2D eigenvalue weighted by atomic mass is 32.2. The van der Waals surface area contributed by atoms with E-state index in [9.17, 15) is 10.1 Å². The Morgan fingerprint density at radius 1 is 1.14 bits per heavy atom. The molecular weight excluding hydrogens is 382 g/mol. The monoisotopic (exact) mass is 395 g/mol. The summed E-state index contributed by atoms with van der Waals surface area (Å²) in [5.74, 6) is 0.937. The van der Waals surface area contributed by atoms with E-state index < -0.39 is 4.92 Å². The number of rotatable bonds is 7. The lowest BCUT2D eigenvalue weighted by atomic mass is 10.2. The summed E-state index contributed by atoms with van der Waals surface area (Å²) in [6.07, 6.45) is 5.15. The highest BCUT2D eigenvalue weighted by Crippen LogP contribution is 2.24. The summed E-state index contributed by atoms with van der Waals surface area (Å²) in [6, 6.07) is 9.99. The van der Waals surface area contributed by atoms with Crippen molar-refractivity contribution in [3.8, 4) is 11.5 Å². The van der Waals surface area contributed by atoms with Crippen molar-refractivity contribution in [3.63, 3.8) is 0 Å². The van der Waals surface area contributed by atoms with Crippen LogP contribution in [-0.2, 0) is 12.3 Å². The largest absolute Gasteiger partial charge is 0.411 e. The molecule has 0 unspecified atom stereocenters. The van der Waals surface area contributed by atoms with Gasteiger partial charge in [0.15, 0.2) is 0 Å². The molecule has 0 radical (unpaired) electrons. The molecule has 0 amide bonds. The minimum atomic E-state index is -0.425. The predicted molar refractivity (Wildman–Crippen MR) is 99.3 cm³/mol. The van der Waals surface area contributed by atoms with Crippen molar-refractivity contribution < 1.29 is 9.34 Å². The molecule has 3 heterocycles. The Labute approximate surface area is 162 Å². The van der Waals surface area contributed by atoms with Crippen LogP contribution in [0.5, 0.6) is 0 Å². The van der Waals surface area contributed by atoms with Gasteiger partial charge in [0.25, 0.3) is 10.9 Å². The maximum absolute atomic E-state index is 10.7. The quantitative estimate of drug-likeness (QED) is 0.264. The number of nitro groups is 1. The van der Waals surface area contributed by atoms with E-state index in [0.717, 1.165) is 16.8 Å². The highest BCUT2D eigenvalue weighted by molar-refractivity contribution is 7.98. The zero-order chi connectivity index (χ0) is 19.3. The fourth-order valence-corrected chi connectivity index (χ4v) is 3.04. The number of non-ortho nitro benzene ring substituents is 1. The van der Waals surface area contributed by atoms with Gasteiger partial charge in [-0.3, -0.25) is 15.1 Å². The molecular formula is C17H13N7O3S. The lowest BCUT2D eigenvalue weighted by Gasteiger charge is -2.00. The zero-order valence-corrected chi connectivity index (χ0v) is 15.2. The van der Waals surface area contributed by atoms with Gasteiger partial charge in [-0.25, -0.2) is 4.68 Å². The Morgan fingerprint density at radius 2 is 2.00 bits per heavy atom. The number of pyridine rings is 1. The van der Waals surface area contributed by atoms with Crippen molar-refractivity contribution >= 4 is 17.4 Å². The molecule has 140 valence electrons. The van der Waals surface area contributed by atoms with Crippen molar-refractivity contribution in [1.82, 2.24) is 30.2 Å². The maximum Gasteiger partial charge on any atom is 0.277 e. The van der Waals surface area contributed by atoms with Crippen LogP contribution in [0.3, 0.4) is 0 Å². The van der Waals surface area contributed by atoms with Gasteiger partial charge in [0.05, 0.1) is 22.7 Å². The van der Waals surface area contributed by atoms with Gasteiger partial charge >= 0.3 is 0 Å². The number of aromatic nitrogens is 6. The summed E-state index contributed by atoms with van der Waals surface area (Å²) in [7, 11) is 0. The summed E-state index contributed by atoms with van der Waals surface area (Å²) in [5, 5.41) is 27.4. The second kappa shape index (κ2) is 7.96.